The van der Waals surface area contributed by atoms with Crippen LogP contribution in [0.4, 0.5) is 5.69 Å². The molecule has 0 saturated heterocycles. The topological polar surface area (TPSA) is 71.1 Å². The van der Waals surface area contributed by atoms with Crippen LogP contribution in [0.1, 0.15) is 35.5 Å². The van der Waals surface area contributed by atoms with E-state index in [4.69, 9.17) is 0 Å². The number of carbonyl (C=O) groups is 2. The number of carbonyl (C=O) groups excluding carboxylic acids is 2. The van der Waals surface area contributed by atoms with Crippen molar-refractivity contribution in [2.45, 2.75) is 25.8 Å². The van der Waals surface area contributed by atoms with Crippen molar-refractivity contribution in [2.24, 2.45) is 0 Å². The molecule has 5 nitrogen and oxygen atoms in total. The third kappa shape index (κ3) is 5.55. The number of nitrogens with one attached hydrogen (secondary N) is 2. The highest BCUT2D eigenvalue weighted by atomic mass is 32.1. The van der Waals surface area contributed by atoms with Crippen LogP contribution in [0, 0.1) is 0 Å². The molecule has 1 aromatic heterocycles. The average Bonchev–Trinajstić information content (AvgIpc) is 3.17. The van der Waals surface area contributed by atoms with E-state index < -0.39 is 0 Å². The zero-order chi connectivity index (χ0) is 21.6. The van der Waals surface area contributed by atoms with E-state index in [2.05, 4.69) is 21.7 Å². The molecule has 156 valence electrons. The van der Waals surface area contributed by atoms with Gasteiger partial charge in [0.1, 0.15) is 0 Å². The zero-order valence-corrected chi connectivity index (χ0v) is 18.0. The highest BCUT2D eigenvalue weighted by Crippen LogP contribution is 2.24. The van der Waals surface area contributed by atoms with Crippen LogP contribution in [0.25, 0.3) is 10.2 Å². The minimum Gasteiger partial charge on any atom is -0.349 e. The predicted octanol–water partition coefficient (Wildman–Crippen LogP) is 5.09. The van der Waals surface area contributed by atoms with Crippen LogP contribution < -0.4 is 10.6 Å². The highest BCUT2D eigenvalue weighted by Gasteiger charge is 2.17. The molecule has 3 aromatic carbocycles. The lowest BCUT2D eigenvalue weighted by molar-refractivity contribution is -0.120. The summed E-state index contributed by atoms with van der Waals surface area (Å²) >= 11 is 1.70. The van der Waals surface area contributed by atoms with E-state index >= 15 is 0 Å². The molecule has 0 radical (unpaired) electrons. The number of anilines is 1. The van der Waals surface area contributed by atoms with Crippen molar-refractivity contribution >= 4 is 39.1 Å². The van der Waals surface area contributed by atoms with Crippen molar-refractivity contribution in [1.82, 2.24) is 10.3 Å². The molecule has 0 fully saturated rings. The molecule has 0 aliphatic heterocycles. The summed E-state index contributed by atoms with van der Waals surface area (Å²) in [5.41, 5.74) is 3.79. The molecule has 2 N–H and O–H groups in total. The number of nitrogens with zero attached hydrogens (tertiary/aromatic N) is 1. The van der Waals surface area contributed by atoms with Gasteiger partial charge >= 0.3 is 0 Å². The van der Waals surface area contributed by atoms with E-state index in [0.717, 1.165) is 33.8 Å². The molecule has 4 rings (SSSR count). The Balaban J connectivity index is 1.38. The lowest BCUT2D eigenvalue weighted by Gasteiger charge is -2.18. The van der Waals surface area contributed by atoms with Crippen LogP contribution >= 0.6 is 11.3 Å². The van der Waals surface area contributed by atoms with Crippen LogP contribution in [0.15, 0.2) is 78.9 Å². The largest absolute Gasteiger partial charge is 0.349 e. The highest BCUT2D eigenvalue weighted by molar-refractivity contribution is 7.18. The molecule has 0 aliphatic rings. The van der Waals surface area contributed by atoms with Crippen molar-refractivity contribution in [1.29, 1.82) is 0 Å². The summed E-state index contributed by atoms with van der Waals surface area (Å²) in [6.45, 7) is 1.46. The van der Waals surface area contributed by atoms with E-state index in [0.29, 0.717) is 0 Å². The van der Waals surface area contributed by atoms with Gasteiger partial charge in [-0.15, -0.1) is 11.3 Å². The maximum absolute atomic E-state index is 12.6. The molecule has 6 heteroatoms. The van der Waals surface area contributed by atoms with Gasteiger partial charge in [0.15, 0.2) is 0 Å². The summed E-state index contributed by atoms with van der Waals surface area (Å²) in [5, 5.41) is 6.85. The lowest BCUT2D eigenvalue weighted by atomic mass is 10.0. The number of aromatic nitrogens is 1. The fourth-order valence-electron chi connectivity index (χ4n) is 3.46. The summed E-state index contributed by atoms with van der Waals surface area (Å²) in [4.78, 5) is 28.8. The van der Waals surface area contributed by atoms with E-state index in [9.17, 15) is 9.59 Å². The van der Waals surface area contributed by atoms with Gasteiger partial charge < -0.3 is 10.6 Å². The monoisotopic (exact) mass is 429 g/mol. The Bertz CT molecular complexity index is 1150. The molecule has 0 bridgehead atoms. The van der Waals surface area contributed by atoms with Crippen molar-refractivity contribution in [3.05, 3.63) is 95.0 Å². The van der Waals surface area contributed by atoms with Gasteiger partial charge in [-0.2, -0.15) is 0 Å². The maximum Gasteiger partial charge on any atom is 0.226 e. The predicted molar refractivity (Wildman–Crippen MR) is 125 cm³/mol. The van der Waals surface area contributed by atoms with Crippen LogP contribution in [0.5, 0.6) is 0 Å². The second-order valence-corrected chi connectivity index (χ2v) is 8.48. The Labute approximate surface area is 185 Å². The van der Waals surface area contributed by atoms with Crippen molar-refractivity contribution in [2.75, 3.05) is 5.32 Å². The van der Waals surface area contributed by atoms with Gasteiger partial charge in [-0.25, -0.2) is 4.98 Å². The summed E-state index contributed by atoms with van der Waals surface area (Å²) in [7, 11) is 0. The number of thiazole rings is 1. The smallest absolute Gasteiger partial charge is 0.226 e. The first-order valence-corrected chi connectivity index (χ1v) is 10.9. The maximum atomic E-state index is 12.6. The molecular weight excluding hydrogens is 406 g/mol. The van der Waals surface area contributed by atoms with Gasteiger partial charge in [0.25, 0.3) is 0 Å². The SMILES string of the molecule is CC(=O)NC(CC(=O)Nc1ccc(Cc2nc3ccccc3s2)cc1)c1ccccc1. The van der Waals surface area contributed by atoms with Gasteiger partial charge in [-0.05, 0) is 35.4 Å². The number of hydrogen-bond donors (Lipinski definition) is 2. The molecule has 1 heterocycles. The number of amides is 2. The Morgan fingerprint density at radius 1 is 0.935 bits per heavy atom. The van der Waals surface area contributed by atoms with Gasteiger partial charge in [0.05, 0.1) is 27.7 Å². The van der Waals surface area contributed by atoms with Gasteiger partial charge in [-0.3, -0.25) is 9.59 Å². The summed E-state index contributed by atoms with van der Waals surface area (Å²) < 4.78 is 1.19. The summed E-state index contributed by atoms with van der Waals surface area (Å²) in [6.07, 6.45) is 0.920. The molecule has 0 saturated carbocycles. The van der Waals surface area contributed by atoms with Gasteiger partial charge in [0.2, 0.25) is 11.8 Å². The third-order valence-electron chi connectivity index (χ3n) is 4.90. The Morgan fingerprint density at radius 2 is 1.65 bits per heavy atom. The first-order chi connectivity index (χ1) is 15.1. The molecule has 0 spiro atoms. The number of benzene rings is 3. The Hall–Kier alpha value is -3.51. The van der Waals surface area contributed by atoms with E-state index in [1.165, 1.54) is 11.6 Å². The fourth-order valence-corrected chi connectivity index (χ4v) is 4.46. The van der Waals surface area contributed by atoms with Gasteiger partial charge in [-0.1, -0.05) is 54.6 Å². The van der Waals surface area contributed by atoms with Crippen molar-refractivity contribution in [3.8, 4) is 0 Å². The summed E-state index contributed by atoms with van der Waals surface area (Å²) in [5.74, 6) is -0.317. The van der Waals surface area contributed by atoms with Crippen LogP contribution in [0.2, 0.25) is 0 Å². The third-order valence-corrected chi connectivity index (χ3v) is 5.94. The standard InChI is InChI=1S/C25H23N3O2S/c1-17(29)26-22(19-7-3-2-4-8-19)16-24(30)27-20-13-11-18(12-14-20)15-25-28-21-9-5-6-10-23(21)31-25/h2-14,22H,15-16H2,1H3,(H,26,29)(H,27,30). The lowest BCUT2D eigenvalue weighted by Crippen LogP contribution is -2.29. The normalized spacial score (nSPS) is 11.8. The molecule has 1 unspecified atom stereocenters. The van der Waals surface area contributed by atoms with Crippen LogP contribution in [0.3, 0.4) is 0 Å². The quantitative estimate of drug-likeness (QED) is 0.430. The second-order valence-electron chi connectivity index (χ2n) is 7.37. The number of rotatable bonds is 7. The molecule has 1 atom stereocenters. The first-order valence-electron chi connectivity index (χ1n) is 10.1. The average molecular weight is 430 g/mol. The van der Waals surface area contributed by atoms with Crippen LogP contribution in [-0.4, -0.2) is 16.8 Å². The number of hydrogen-bond acceptors (Lipinski definition) is 4. The minimum atomic E-state index is -0.364. The van der Waals surface area contributed by atoms with Crippen molar-refractivity contribution in [3.63, 3.8) is 0 Å². The molecule has 31 heavy (non-hydrogen) atoms. The van der Waals surface area contributed by atoms with E-state index in [1.807, 2.05) is 72.8 Å². The van der Waals surface area contributed by atoms with E-state index in [1.54, 1.807) is 11.3 Å². The summed E-state index contributed by atoms with van der Waals surface area (Å²) in [6, 6.07) is 25.1. The molecule has 4 aromatic rings. The van der Waals surface area contributed by atoms with E-state index in [-0.39, 0.29) is 24.3 Å². The second kappa shape index (κ2) is 9.53. The minimum absolute atomic E-state index is 0.151. The van der Waals surface area contributed by atoms with Crippen molar-refractivity contribution < 1.29 is 9.59 Å². The number of para-hydroxylation sites is 1. The molecule has 2 amide bonds. The fraction of sp³-hybridized carbons (Fsp3) is 0.160. The van der Waals surface area contributed by atoms with Gasteiger partial charge in [0, 0.05) is 19.0 Å². The Kier molecular flexibility index (Phi) is 6.38. The first kappa shape index (κ1) is 20.8. The zero-order valence-electron chi connectivity index (χ0n) is 17.2. The molecular formula is C25H23N3O2S. The molecule has 0 aliphatic carbocycles. The number of fused-ring (bicyclic) bond motifs is 1. The van der Waals surface area contributed by atoms with Crippen LogP contribution in [-0.2, 0) is 16.0 Å². The Morgan fingerprint density at radius 3 is 2.35 bits per heavy atom.